The molecular weight excluding hydrogens is 314 g/mol. The van der Waals surface area contributed by atoms with Gasteiger partial charge in [-0.1, -0.05) is 23.7 Å². The van der Waals surface area contributed by atoms with Gasteiger partial charge in [0.15, 0.2) is 0 Å². The standard InChI is InChI=1S/C18H14ClNO3/c19-14-3-1-2-13(10-14)17-9-8-16(23-17)11-20-15-6-4-12(5-7-15)18(21)22/h1-10,20H,11H2,(H,21,22). The molecule has 0 aliphatic heterocycles. The minimum atomic E-state index is -0.936. The van der Waals surface area contributed by atoms with E-state index in [9.17, 15) is 4.79 Å². The summed E-state index contributed by atoms with van der Waals surface area (Å²) >= 11 is 5.98. The number of hydrogen-bond donors (Lipinski definition) is 2. The normalized spacial score (nSPS) is 10.5. The van der Waals surface area contributed by atoms with Crippen molar-refractivity contribution in [1.82, 2.24) is 0 Å². The molecule has 0 aliphatic carbocycles. The van der Waals surface area contributed by atoms with Crippen LogP contribution >= 0.6 is 11.6 Å². The van der Waals surface area contributed by atoms with E-state index in [-0.39, 0.29) is 5.56 Å². The molecule has 0 atom stereocenters. The second kappa shape index (κ2) is 6.58. The fraction of sp³-hybridized carbons (Fsp3) is 0.0556. The van der Waals surface area contributed by atoms with Crippen molar-refractivity contribution >= 4 is 23.3 Å². The molecule has 0 unspecified atom stereocenters. The number of anilines is 1. The second-order valence-electron chi connectivity index (χ2n) is 5.01. The van der Waals surface area contributed by atoms with Gasteiger partial charge in [-0.2, -0.15) is 0 Å². The van der Waals surface area contributed by atoms with Crippen molar-refractivity contribution in [2.45, 2.75) is 6.54 Å². The van der Waals surface area contributed by atoms with E-state index in [1.165, 1.54) is 0 Å². The first-order chi connectivity index (χ1) is 11.1. The van der Waals surface area contributed by atoms with Gasteiger partial charge < -0.3 is 14.8 Å². The third-order valence-corrected chi connectivity index (χ3v) is 3.60. The minimum Gasteiger partial charge on any atom is -0.478 e. The fourth-order valence-electron chi connectivity index (χ4n) is 2.19. The summed E-state index contributed by atoms with van der Waals surface area (Å²) in [5.74, 6) is 0.599. The average Bonchev–Trinajstić information content (AvgIpc) is 3.02. The van der Waals surface area contributed by atoms with Crippen LogP contribution in [-0.2, 0) is 6.54 Å². The quantitative estimate of drug-likeness (QED) is 0.699. The van der Waals surface area contributed by atoms with Gasteiger partial charge in [0.2, 0.25) is 0 Å². The molecule has 0 spiro atoms. The Morgan fingerprint density at radius 3 is 2.57 bits per heavy atom. The first kappa shape index (κ1) is 15.2. The van der Waals surface area contributed by atoms with Crippen molar-refractivity contribution in [2.75, 3.05) is 5.32 Å². The maximum atomic E-state index is 10.8. The molecule has 1 aromatic heterocycles. The number of furan rings is 1. The molecule has 4 nitrogen and oxygen atoms in total. The maximum absolute atomic E-state index is 10.8. The van der Waals surface area contributed by atoms with Gasteiger partial charge >= 0.3 is 5.97 Å². The monoisotopic (exact) mass is 327 g/mol. The summed E-state index contributed by atoms with van der Waals surface area (Å²) in [5.41, 5.74) is 2.02. The largest absolute Gasteiger partial charge is 0.478 e. The summed E-state index contributed by atoms with van der Waals surface area (Å²) in [6.45, 7) is 0.507. The van der Waals surface area contributed by atoms with Crippen LogP contribution in [0.15, 0.2) is 65.1 Å². The average molecular weight is 328 g/mol. The number of nitrogens with one attached hydrogen (secondary N) is 1. The van der Waals surface area contributed by atoms with Crippen molar-refractivity contribution in [1.29, 1.82) is 0 Å². The summed E-state index contributed by atoms with van der Waals surface area (Å²) in [7, 11) is 0. The molecule has 3 rings (SSSR count). The maximum Gasteiger partial charge on any atom is 0.335 e. The number of hydrogen-bond acceptors (Lipinski definition) is 3. The lowest BCUT2D eigenvalue weighted by molar-refractivity contribution is 0.0697. The van der Waals surface area contributed by atoms with Crippen LogP contribution in [0.4, 0.5) is 5.69 Å². The SMILES string of the molecule is O=C(O)c1ccc(NCc2ccc(-c3cccc(Cl)c3)o2)cc1. The van der Waals surface area contributed by atoms with Gasteiger partial charge in [-0.25, -0.2) is 4.79 Å². The molecule has 0 amide bonds. The Morgan fingerprint density at radius 2 is 1.87 bits per heavy atom. The highest BCUT2D eigenvalue weighted by molar-refractivity contribution is 6.30. The van der Waals surface area contributed by atoms with Crippen molar-refractivity contribution < 1.29 is 14.3 Å². The number of carbonyl (C=O) groups is 1. The van der Waals surface area contributed by atoms with E-state index in [0.717, 1.165) is 22.8 Å². The highest BCUT2D eigenvalue weighted by atomic mass is 35.5. The summed E-state index contributed by atoms with van der Waals surface area (Å²) < 4.78 is 5.79. The number of carboxylic acid groups (broad SMARTS) is 1. The van der Waals surface area contributed by atoms with Gasteiger partial charge in [0.1, 0.15) is 11.5 Å². The van der Waals surface area contributed by atoms with Crippen molar-refractivity contribution in [3.63, 3.8) is 0 Å². The Bertz CT molecular complexity index is 824. The summed E-state index contributed by atoms with van der Waals surface area (Å²) in [6.07, 6.45) is 0. The molecule has 0 radical (unpaired) electrons. The first-order valence-corrected chi connectivity index (χ1v) is 7.41. The van der Waals surface area contributed by atoms with Gasteiger partial charge in [-0.05, 0) is 48.5 Å². The zero-order chi connectivity index (χ0) is 16.2. The van der Waals surface area contributed by atoms with Crippen molar-refractivity contribution in [3.05, 3.63) is 77.0 Å². The topological polar surface area (TPSA) is 62.5 Å². The lowest BCUT2D eigenvalue weighted by atomic mass is 10.2. The van der Waals surface area contributed by atoms with E-state index in [2.05, 4.69) is 5.32 Å². The van der Waals surface area contributed by atoms with E-state index in [0.29, 0.717) is 11.6 Å². The Balaban J connectivity index is 1.66. The van der Waals surface area contributed by atoms with Crippen LogP contribution in [0.3, 0.4) is 0 Å². The number of aromatic carboxylic acids is 1. The van der Waals surface area contributed by atoms with E-state index in [4.69, 9.17) is 21.1 Å². The Hall–Kier alpha value is -2.72. The van der Waals surface area contributed by atoms with Gasteiger partial charge in [0, 0.05) is 16.3 Å². The zero-order valence-corrected chi connectivity index (χ0v) is 12.9. The Labute approximate surface area is 138 Å². The number of rotatable bonds is 5. The predicted octanol–water partition coefficient (Wildman–Crippen LogP) is 4.91. The molecule has 5 heteroatoms. The summed E-state index contributed by atoms with van der Waals surface area (Å²) in [4.78, 5) is 10.8. The van der Waals surface area contributed by atoms with Crippen LogP contribution in [0, 0.1) is 0 Å². The predicted molar refractivity (Wildman–Crippen MR) is 89.9 cm³/mol. The molecule has 0 aliphatic rings. The lowest BCUT2D eigenvalue weighted by Gasteiger charge is -2.05. The van der Waals surface area contributed by atoms with Crippen LogP contribution < -0.4 is 5.32 Å². The Morgan fingerprint density at radius 1 is 1.09 bits per heavy atom. The molecule has 2 N–H and O–H groups in total. The Kier molecular flexibility index (Phi) is 4.35. The fourth-order valence-corrected chi connectivity index (χ4v) is 2.38. The lowest BCUT2D eigenvalue weighted by Crippen LogP contribution is -2.00. The summed E-state index contributed by atoms with van der Waals surface area (Å²) in [5, 5.41) is 12.7. The number of benzene rings is 2. The third kappa shape index (κ3) is 3.73. The molecule has 0 bridgehead atoms. The van der Waals surface area contributed by atoms with Crippen LogP contribution in [0.5, 0.6) is 0 Å². The van der Waals surface area contributed by atoms with Crippen molar-refractivity contribution in [3.8, 4) is 11.3 Å². The molecule has 0 saturated heterocycles. The molecule has 1 heterocycles. The zero-order valence-electron chi connectivity index (χ0n) is 12.1. The highest BCUT2D eigenvalue weighted by Gasteiger charge is 2.06. The molecule has 3 aromatic rings. The highest BCUT2D eigenvalue weighted by Crippen LogP contribution is 2.25. The van der Waals surface area contributed by atoms with E-state index >= 15 is 0 Å². The van der Waals surface area contributed by atoms with Crippen LogP contribution in [0.2, 0.25) is 5.02 Å². The molecule has 0 saturated carbocycles. The van der Waals surface area contributed by atoms with E-state index in [1.807, 2.05) is 36.4 Å². The molecule has 116 valence electrons. The van der Waals surface area contributed by atoms with Gasteiger partial charge in [-0.15, -0.1) is 0 Å². The van der Waals surface area contributed by atoms with Gasteiger partial charge in [0.05, 0.1) is 12.1 Å². The number of carboxylic acids is 1. The summed E-state index contributed by atoms with van der Waals surface area (Å²) in [6, 6.07) is 17.8. The molecular formula is C18H14ClNO3. The third-order valence-electron chi connectivity index (χ3n) is 3.37. The van der Waals surface area contributed by atoms with E-state index in [1.54, 1.807) is 24.3 Å². The second-order valence-corrected chi connectivity index (χ2v) is 5.45. The molecule has 0 fully saturated rings. The minimum absolute atomic E-state index is 0.261. The number of halogens is 1. The van der Waals surface area contributed by atoms with Crippen LogP contribution in [0.1, 0.15) is 16.1 Å². The van der Waals surface area contributed by atoms with Crippen LogP contribution in [-0.4, -0.2) is 11.1 Å². The van der Waals surface area contributed by atoms with Crippen LogP contribution in [0.25, 0.3) is 11.3 Å². The van der Waals surface area contributed by atoms with E-state index < -0.39 is 5.97 Å². The molecule has 2 aromatic carbocycles. The molecule has 23 heavy (non-hydrogen) atoms. The van der Waals surface area contributed by atoms with Gasteiger partial charge in [0.25, 0.3) is 0 Å². The first-order valence-electron chi connectivity index (χ1n) is 7.04. The van der Waals surface area contributed by atoms with Gasteiger partial charge in [-0.3, -0.25) is 0 Å². The van der Waals surface area contributed by atoms with Crippen molar-refractivity contribution in [2.24, 2.45) is 0 Å². The smallest absolute Gasteiger partial charge is 0.335 e.